The molecule has 5 heteroatoms. The molecule has 0 radical (unpaired) electrons. The van der Waals surface area contributed by atoms with Crippen LogP contribution in [-0.4, -0.2) is 45.7 Å². The second kappa shape index (κ2) is 6.57. The standard InChI is InChI=1S/C11H24N2O2S/c1-12-8-4-3-5-9-13(16(2,14)15)10-11-6-7-11/h11-12H,3-10H2,1-2H3. The minimum absolute atomic E-state index is 0.632. The molecule has 0 bridgehead atoms. The van der Waals surface area contributed by atoms with Gasteiger partial charge in [-0.15, -0.1) is 0 Å². The summed E-state index contributed by atoms with van der Waals surface area (Å²) in [6.45, 7) is 2.45. The van der Waals surface area contributed by atoms with Crippen LogP contribution in [0.3, 0.4) is 0 Å². The van der Waals surface area contributed by atoms with Crippen LogP contribution in [0, 0.1) is 5.92 Å². The highest BCUT2D eigenvalue weighted by molar-refractivity contribution is 7.88. The molecule has 1 aliphatic rings. The van der Waals surface area contributed by atoms with Crippen molar-refractivity contribution in [1.29, 1.82) is 0 Å². The van der Waals surface area contributed by atoms with Gasteiger partial charge < -0.3 is 5.32 Å². The molecule has 1 fully saturated rings. The maximum atomic E-state index is 11.5. The maximum Gasteiger partial charge on any atom is 0.211 e. The molecular formula is C11H24N2O2S. The molecule has 0 aliphatic heterocycles. The van der Waals surface area contributed by atoms with E-state index in [2.05, 4.69) is 5.32 Å². The SMILES string of the molecule is CNCCCCCN(CC1CC1)S(C)(=O)=O. The summed E-state index contributed by atoms with van der Waals surface area (Å²) in [4.78, 5) is 0. The van der Waals surface area contributed by atoms with Gasteiger partial charge in [-0.05, 0) is 45.2 Å². The zero-order valence-electron chi connectivity index (χ0n) is 10.4. The molecular weight excluding hydrogens is 224 g/mol. The quantitative estimate of drug-likeness (QED) is 0.620. The second-order valence-corrected chi connectivity index (χ2v) is 6.71. The highest BCUT2D eigenvalue weighted by Crippen LogP contribution is 2.30. The van der Waals surface area contributed by atoms with Gasteiger partial charge in [-0.25, -0.2) is 12.7 Å². The smallest absolute Gasteiger partial charge is 0.211 e. The van der Waals surface area contributed by atoms with Crippen LogP contribution in [0.15, 0.2) is 0 Å². The fourth-order valence-electron chi connectivity index (χ4n) is 1.75. The van der Waals surface area contributed by atoms with Crippen molar-refractivity contribution in [3.05, 3.63) is 0 Å². The summed E-state index contributed by atoms with van der Waals surface area (Å²) < 4.78 is 24.7. The Kier molecular flexibility index (Phi) is 5.72. The molecule has 4 nitrogen and oxygen atoms in total. The summed E-state index contributed by atoms with van der Waals surface area (Å²) in [5.74, 6) is 0.632. The first-order chi connectivity index (χ1) is 7.54. The highest BCUT2D eigenvalue weighted by Gasteiger charge is 2.27. The molecule has 0 aromatic heterocycles. The van der Waals surface area contributed by atoms with Crippen LogP contribution in [0.25, 0.3) is 0 Å². The lowest BCUT2D eigenvalue weighted by molar-refractivity contribution is 0.387. The predicted molar refractivity (Wildman–Crippen MR) is 66.9 cm³/mol. The van der Waals surface area contributed by atoms with Crippen LogP contribution >= 0.6 is 0 Å². The number of nitrogens with one attached hydrogen (secondary N) is 1. The van der Waals surface area contributed by atoms with E-state index < -0.39 is 10.0 Å². The maximum absolute atomic E-state index is 11.5. The van der Waals surface area contributed by atoms with Gasteiger partial charge in [0.25, 0.3) is 0 Å². The van der Waals surface area contributed by atoms with Gasteiger partial charge >= 0.3 is 0 Å². The van der Waals surface area contributed by atoms with Crippen LogP contribution in [0.1, 0.15) is 32.1 Å². The number of hydrogen-bond acceptors (Lipinski definition) is 3. The lowest BCUT2D eigenvalue weighted by Gasteiger charge is -2.19. The fourth-order valence-corrected chi connectivity index (χ4v) is 2.69. The molecule has 0 aromatic rings. The topological polar surface area (TPSA) is 49.4 Å². The number of sulfonamides is 1. The van der Waals surface area contributed by atoms with E-state index in [1.807, 2.05) is 7.05 Å². The zero-order valence-corrected chi connectivity index (χ0v) is 11.2. The molecule has 1 rings (SSSR count). The van der Waals surface area contributed by atoms with Gasteiger partial charge in [0.1, 0.15) is 0 Å². The van der Waals surface area contributed by atoms with E-state index in [0.29, 0.717) is 12.5 Å². The Morgan fingerprint density at radius 2 is 1.94 bits per heavy atom. The van der Waals surface area contributed by atoms with E-state index in [4.69, 9.17) is 0 Å². The molecule has 1 aliphatic carbocycles. The van der Waals surface area contributed by atoms with Gasteiger partial charge in [-0.3, -0.25) is 0 Å². The van der Waals surface area contributed by atoms with E-state index >= 15 is 0 Å². The van der Waals surface area contributed by atoms with Crippen molar-refractivity contribution in [1.82, 2.24) is 9.62 Å². The molecule has 0 amide bonds. The monoisotopic (exact) mass is 248 g/mol. The normalized spacial score (nSPS) is 16.9. The number of rotatable bonds is 9. The van der Waals surface area contributed by atoms with Crippen LogP contribution in [0.2, 0.25) is 0 Å². The fraction of sp³-hybridized carbons (Fsp3) is 1.00. The van der Waals surface area contributed by atoms with Crippen molar-refractivity contribution in [2.45, 2.75) is 32.1 Å². The Labute approximate surface area is 99.5 Å². The third kappa shape index (κ3) is 5.82. The minimum atomic E-state index is -3.00. The van der Waals surface area contributed by atoms with E-state index in [9.17, 15) is 8.42 Å². The summed E-state index contributed by atoms with van der Waals surface area (Å²) in [5.41, 5.74) is 0. The molecule has 0 aromatic carbocycles. The zero-order chi connectivity index (χ0) is 12.0. The lowest BCUT2D eigenvalue weighted by Crippen LogP contribution is -2.32. The van der Waals surface area contributed by atoms with E-state index in [1.54, 1.807) is 4.31 Å². The Bertz CT molecular complexity index is 286. The lowest BCUT2D eigenvalue weighted by atomic mass is 10.2. The first-order valence-electron chi connectivity index (χ1n) is 6.13. The average Bonchev–Trinajstić information content (AvgIpc) is 2.98. The van der Waals surface area contributed by atoms with E-state index in [-0.39, 0.29) is 0 Å². The Balaban J connectivity index is 2.21. The molecule has 96 valence electrons. The molecule has 0 spiro atoms. The first-order valence-corrected chi connectivity index (χ1v) is 7.98. The van der Waals surface area contributed by atoms with Gasteiger partial charge in [-0.1, -0.05) is 6.42 Å². The van der Waals surface area contributed by atoms with Crippen molar-refractivity contribution in [2.75, 3.05) is 32.9 Å². The van der Waals surface area contributed by atoms with Crippen molar-refractivity contribution in [3.8, 4) is 0 Å². The van der Waals surface area contributed by atoms with Gasteiger partial charge in [-0.2, -0.15) is 0 Å². The van der Waals surface area contributed by atoms with E-state index in [1.165, 1.54) is 19.1 Å². The van der Waals surface area contributed by atoms with Crippen molar-refractivity contribution < 1.29 is 8.42 Å². The first kappa shape index (κ1) is 13.9. The largest absolute Gasteiger partial charge is 0.320 e. The van der Waals surface area contributed by atoms with Crippen LogP contribution in [0.4, 0.5) is 0 Å². The van der Waals surface area contributed by atoms with Crippen LogP contribution in [-0.2, 0) is 10.0 Å². The molecule has 0 unspecified atom stereocenters. The minimum Gasteiger partial charge on any atom is -0.320 e. The highest BCUT2D eigenvalue weighted by atomic mass is 32.2. The van der Waals surface area contributed by atoms with Gasteiger partial charge in [0.2, 0.25) is 10.0 Å². The van der Waals surface area contributed by atoms with Crippen molar-refractivity contribution >= 4 is 10.0 Å². The van der Waals surface area contributed by atoms with Gasteiger partial charge in [0.15, 0.2) is 0 Å². The third-order valence-electron chi connectivity index (χ3n) is 2.96. The number of nitrogens with zero attached hydrogens (tertiary/aromatic N) is 1. The molecule has 0 atom stereocenters. The summed E-state index contributed by atoms with van der Waals surface area (Å²) in [6.07, 6.45) is 6.91. The Hall–Kier alpha value is -0.130. The summed E-state index contributed by atoms with van der Waals surface area (Å²) in [7, 11) is -1.05. The molecule has 1 saturated carbocycles. The summed E-state index contributed by atoms with van der Waals surface area (Å²) in [6, 6.07) is 0. The Morgan fingerprint density at radius 3 is 2.44 bits per heavy atom. The number of hydrogen-bond donors (Lipinski definition) is 1. The third-order valence-corrected chi connectivity index (χ3v) is 4.23. The average molecular weight is 248 g/mol. The van der Waals surface area contributed by atoms with Crippen LogP contribution in [0.5, 0.6) is 0 Å². The number of unbranched alkanes of at least 4 members (excludes halogenated alkanes) is 2. The Morgan fingerprint density at radius 1 is 1.25 bits per heavy atom. The van der Waals surface area contributed by atoms with Gasteiger partial charge in [0.05, 0.1) is 6.26 Å². The summed E-state index contributed by atoms with van der Waals surface area (Å²) in [5, 5.41) is 3.10. The van der Waals surface area contributed by atoms with Gasteiger partial charge in [0, 0.05) is 13.1 Å². The van der Waals surface area contributed by atoms with Crippen LogP contribution < -0.4 is 5.32 Å². The predicted octanol–water partition coefficient (Wildman–Crippen LogP) is 1.05. The van der Waals surface area contributed by atoms with E-state index in [0.717, 1.165) is 32.4 Å². The molecule has 0 heterocycles. The second-order valence-electron chi connectivity index (χ2n) is 4.73. The molecule has 16 heavy (non-hydrogen) atoms. The summed E-state index contributed by atoms with van der Waals surface area (Å²) >= 11 is 0. The van der Waals surface area contributed by atoms with Crippen molar-refractivity contribution in [2.24, 2.45) is 5.92 Å². The molecule has 0 saturated heterocycles. The van der Waals surface area contributed by atoms with Crippen molar-refractivity contribution in [3.63, 3.8) is 0 Å². The molecule has 1 N–H and O–H groups in total.